The summed E-state index contributed by atoms with van der Waals surface area (Å²) in [7, 11) is 1.69. The van der Waals surface area contributed by atoms with Crippen LogP contribution in [0, 0.1) is 5.92 Å². The Morgan fingerprint density at radius 1 is 1.46 bits per heavy atom. The van der Waals surface area contributed by atoms with Crippen LogP contribution in [0.2, 0.25) is 0 Å². The van der Waals surface area contributed by atoms with Gasteiger partial charge in [-0.3, -0.25) is 9.69 Å². The maximum atomic E-state index is 12.0. The highest BCUT2D eigenvalue weighted by molar-refractivity contribution is 5.84. The number of ether oxygens (including phenoxy) is 1. The number of methoxy groups -OCH3 is 1. The zero-order valence-electron chi connectivity index (χ0n) is 14.2. The molecule has 0 atom stereocenters. The predicted molar refractivity (Wildman–Crippen MR) is 96.1 cm³/mol. The monoisotopic (exact) mass is 327 g/mol. The van der Waals surface area contributed by atoms with Crippen molar-refractivity contribution in [1.29, 1.82) is 0 Å². The van der Waals surface area contributed by atoms with E-state index in [-0.39, 0.29) is 11.8 Å². The number of nitrogens with one attached hydrogen (secondary N) is 2. The van der Waals surface area contributed by atoms with E-state index in [1.165, 1.54) is 10.9 Å². The van der Waals surface area contributed by atoms with Gasteiger partial charge in [0, 0.05) is 36.1 Å². The van der Waals surface area contributed by atoms with Crippen molar-refractivity contribution in [2.45, 2.75) is 19.4 Å². The highest BCUT2D eigenvalue weighted by Crippen LogP contribution is 2.26. The second kappa shape index (κ2) is 7.53. The summed E-state index contributed by atoms with van der Waals surface area (Å²) in [4.78, 5) is 17.8. The van der Waals surface area contributed by atoms with Gasteiger partial charge in [0.25, 0.3) is 0 Å². The number of hydrogen-bond donors (Lipinski definition) is 2. The van der Waals surface area contributed by atoms with Crippen LogP contribution >= 0.6 is 0 Å². The molecule has 0 unspecified atom stereocenters. The van der Waals surface area contributed by atoms with E-state index in [1.807, 2.05) is 12.1 Å². The Labute approximate surface area is 142 Å². The first-order valence-corrected chi connectivity index (χ1v) is 8.46. The summed E-state index contributed by atoms with van der Waals surface area (Å²) in [6, 6.07) is 6.10. The van der Waals surface area contributed by atoms with Crippen molar-refractivity contribution in [2.75, 3.05) is 26.7 Å². The van der Waals surface area contributed by atoms with Gasteiger partial charge in [-0.1, -0.05) is 6.08 Å². The van der Waals surface area contributed by atoms with E-state index < -0.39 is 0 Å². The summed E-state index contributed by atoms with van der Waals surface area (Å²) in [6.45, 7) is 6.98. The zero-order valence-corrected chi connectivity index (χ0v) is 14.2. The fourth-order valence-electron chi connectivity index (χ4n) is 3.33. The highest BCUT2D eigenvalue weighted by Gasteiger charge is 2.24. The van der Waals surface area contributed by atoms with Gasteiger partial charge >= 0.3 is 0 Å². The van der Waals surface area contributed by atoms with E-state index in [1.54, 1.807) is 13.2 Å². The van der Waals surface area contributed by atoms with Crippen LogP contribution in [0.25, 0.3) is 10.9 Å². The van der Waals surface area contributed by atoms with E-state index in [4.69, 9.17) is 4.74 Å². The molecule has 0 aliphatic carbocycles. The molecule has 0 saturated carbocycles. The maximum absolute atomic E-state index is 12.0. The zero-order chi connectivity index (χ0) is 16.9. The molecule has 1 aromatic heterocycles. The van der Waals surface area contributed by atoms with E-state index in [0.29, 0.717) is 6.54 Å². The molecule has 5 heteroatoms. The molecule has 2 aromatic rings. The minimum atomic E-state index is 0.129. The number of amides is 1. The Kier molecular flexibility index (Phi) is 5.20. The van der Waals surface area contributed by atoms with Crippen molar-refractivity contribution >= 4 is 16.8 Å². The molecule has 0 bridgehead atoms. The Balaban J connectivity index is 1.60. The third-order valence-corrected chi connectivity index (χ3v) is 4.75. The molecule has 1 fully saturated rings. The molecule has 1 aliphatic heterocycles. The number of H-pyrrole nitrogens is 1. The molecule has 1 aromatic carbocycles. The van der Waals surface area contributed by atoms with Crippen molar-refractivity contribution in [3.8, 4) is 5.75 Å². The SMILES string of the molecule is C=CCNC(=O)C1CCN(Cc2c[nH]c3ccc(OC)cc23)CC1. The van der Waals surface area contributed by atoms with Gasteiger partial charge in [0.2, 0.25) is 5.91 Å². The average molecular weight is 327 g/mol. The van der Waals surface area contributed by atoms with Crippen LogP contribution in [0.3, 0.4) is 0 Å². The fourth-order valence-corrected chi connectivity index (χ4v) is 3.33. The lowest BCUT2D eigenvalue weighted by molar-refractivity contribution is -0.126. The van der Waals surface area contributed by atoms with Crippen LogP contribution in [0.15, 0.2) is 37.1 Å². The summed E-state index contributed by atoms with van der Waals surface area (Å²) >= 11 is 0. The Hall–Kier alpha value is -2.27. The van der Waals surface area contributed by atoms with Gasteiger partial charge in [-0.2, -0.15) is 0 Å². The van der Waals surface area contributed by atoms with Gasteiger partial charge in [-0.25, -0.2) is 0 Å². The molecule has 1 aliphatic rings. The van der Waals surface area contributed by atoms with Crippen molar-refractivity contribution in [2.24, 2.45) is 5.92 Å². The smallest absolute Gasteiger partial charge is 0.223 e. The number of carbonyl (C=O) groups is 1. The predicted octanol–water partition coefficient (Wildman–Crippen LogP) is 2.69. The quantitative estimate of drug-likeness (QED) is 0.802. The number of aromatic nitrogens is 1. The number of piperidine rings is 1. The molecule has 0 radical (unpaired) electrons. The van der Waals surface area contributed by atoms with E-state index >= 15 is 0 Å². The van der Waals surface area contributed by atoms with Crippen molar-refractivity contribution in [3.05, 3.63) is 42.6 Å². The van der Waals surface area contributed by atoms with Gasteiger partial charge < -0.3 is 15.0 Å². The number of rotatable bonds is 6. The summed E-state index contributed by atoms with van der Waals surface area (Å²) in [5.41, 5.74) is 2.41. The van der Waals surface area contributed by atoms with Crippen LogP contribution in [-0.4, -0.2) is 42.5 Å². The number of fused-ring (bicyclic) bond motifs is 1. The molecule has 1 saturated heterocycles. The van der Waals surface area contributed by atoms with Crippen LogP contribution in [0.5, 0.6) is 5.75 Å². The molecular formula is C19H25N3O2. The summed E-state index contributed by atoms with van der Waals surface area (Å²) < 4.78 is 5.33. The normalized spacial score (nSPS) is 16.2. The molecule has 2 heterocycles. The number of aromatic amines is 1. The molecule has 5 nitrogen and oxygen atoms in total. The molecule has 2 N–H and O–H groups in total. The van der Waals surface area contributed by atoms with Crippen molar-refractivity contribution < 1.29 is 9.53 Å². The third kappa shape index (κ3) is 3.62. The number of benzene rings is 1. The first-order chi connectivity index (χ1) is 11.7. The maximum Gasteiger partial charge on any atom is 0.223 e. The van der Waals surface area contributed by atoms with Gasteiger partial charge in [-0.15, -0.1) is 6.58 Å². The van der Waals surface area contributed by atoms with Gasteiger partial charge in [0.15, 0.2) is 0 Å². The topological polar surface area (TPSA) is 57.4 Å². The van der Waals surface area contributed by atoms with Gasteiger partial charge in [0.1, 0.15) is 5.75 Å². The number of likely N-dealkylation sites (tertiary alicyclic amines) is 1. The summed E-state index contributed by atoms with van der Waals surface area (Å²) in [5.74, 6) is 1.16. The van der Waals surface area contributed by atoms with E-state index in [2.05, 4.69) is 34.0 Å². The highest BCUT2D eigenvalue weighted by atomic mass is 16.5. The van der Waals surface area contributed by atoms with Crippen LogP contribution in [0.4, 0.5) is 0 Å². The first kappa shape index (κ1) is 16.6. The summed E-state index contributed by atoms with van der Waals surface area (Å²) in [5, 5.41) is 4.11. The van der Waals surface area contributed by atoms with Crippen molar-refractivity contribution in [3.63, 3.8) is 0 Å². The molecule has 1 amide bonds. The van der Waals surface area contributed by atoms with Crippen LogP contribution < -0.4 is 10.1 Å². The molecular weight excluding hydrogens is 302 g/mol. The molecule has 128 valence electrons. The molecule has 0 spiro atoms. The lowest BCUT2D eigenvalue weighted by Crippen LogP contribution is -2.40. The summed E-state index contributed by atoms with van der Waals surface area (Å²) in [6.07, 6.45) is 5.62. The average Bonchev–Trinajstić information content (AvgIpc) is 3.02. The minimum absolute atomic E-state index is 0.129. The lowest BCUT2D eigenvalue weighted by Gasteiger charge is -2.31. The standard InChI is InChI=1S/C19H25N3O2/c1-3-8-20-19(23)14-6-9-22(10-7-14)13-15-12-21-18-5-4-16(24-2)11-17(15)18/h3-5,11-12,14,21H,1,6-10,13H2,2H3,(H,20,23). The second-order valence-electron chi connectivity index (χ2n) is 6.31. The number of carbonyl (C=O) groups excluding carboxylic acids is 1. The number of nitrogens with zero attached hydrogens (tertiary/aromatic N) is 1. The molecule has 24 heavy (non-hydrogen) atoms. The first-order valence-electron chi connectivity index (χ1n) is 8.46. The minimum Gasteiger partial charge on any atom is -0.497 e. The van der Waals surface area contributed by atoms with E-state index in [9.17, 15) is 4.79 Å². The fraction of sp³-hybridized carbons (Fsp3) is 0.421. The van der Waals surface area contributed by atoms with Crippen molar-refractivity contribution in [1.82, 2.24) is 15.2 Å². The van der Waals surface area contributed by atoms with Crippen LogP contribution in [0.1, 0.15) is 18.4 Å². The van der Waals surface area contributed by atoms with Gasteiger partial charge in [-0.05, 0) is 49.7 Å². The van der Waals surface area contributed by atoms with Gasteiger partial charge in [0.05, 0.1) is 7.11 Å². The lowest BCUT2D eigenvalue weighted by atomic mass is 9.95. The Morgan fingerprint density at radius 2 is 2.25 bits per heavy atom. The largest absolute Gasteiger partial charge is 0.497 e. The van der Waals surface area contributed by atoms with Crippen LogP contribution in [-0.2, 0) is 11.3 Å². The Bertz CT molecular complexity index is 714. The third-order valence-electron chi connectivity index (χ3n) is 4.75. The Morgan fingerprint density at radius 3 is 2.96 bits per heavy atom. The second-order valence-corrected chi connectivity index (χ2v) is 6.31. The number of hydrogen-bond acceptors (Lipinski definition) is 3. The van der Waals surface area contributed by atoms with E-state index in [0.717, 1.165) is 43.7 Å². The molecule has 3 rings (SSSR count).